The largest absolute Gasteiger partial charge is 0.496 e. The van der Waals surface area contributed by atoms with Crippen LogP contribution in [0.25, 0.3) is 33.9 Å². The van der Waals surface area contributed by atoms with Crippen molar-refractivity contribution in [1.29, 1.82) is 0 Å². The molecular weight excluding hydrogens is 523 g/mol. The number of alkyl halides is 9. The molecule has 0 amide bonds. The summed E-state index contributed by atoms with van der Waals surface area (Å²) in [5, 5.41) is 0. The Morgan fingerprint density at radius 1 is 0.838 bits per heavy atom. The minimum Gasteiger partial charge on any atom is -0.496 e. The Bertz CT molecular complexity index is 1460. The molecule has 0 unspecified atom stereocenters. The third-order valence-corrected chi connectivity index (χ3v) is 5.08. The first-order valence-corrected chi connectivity index (χ1v) is 9.99. The molecule has 0 saturated carbocycles. The van der Waals surface area contributed by atoms with Crippen molar-refractivity contribution in [3.05, 3.63) is 53.5 Å². The van der Waals surface area contributed by atoms with Gasteiger partial charge in [0.25, 0.3) is 0 Å². The molecule has 0 radical (unpaired) electrons. The maximum atomic E-state index is 13.9. The minimum absolute atomic E-state index is 0.103. The van der Waals surface area contributed by atoms with Gasteiger partial charge in [-0.3, -0.25) is 4.98 Å². The van der Waals surface area contributed by atoms with Crippen LogP contribution < -0.4 is 10.2 Å². The number of hydrogen-bond acceptors (Lipinski definition) is 6. The van der Waals surface area contributed by atoms with E-state index in [1.165, 1.54) is 7.05 Å². The third kappa shape index (κ3) is 4.82. The molecule has 0 bridgehead atoms. The number of ether oxygens (including phenoxy) is 1. The Morgan fingerprint density at radius 2 is 1.54 bits per heavy atom. The second-order valence-electron chi connectivity index (χ2n) is 7.40. The molecule has 0 aliphatic carbocycles. The van der Waals surface area contributed by atoms with Crippen molar-refractivity contribution in [3.63, 3.8) is 0 Å². The Balaban J connectivity index is 1.97. The molecule has 1 aromatic carbocycles. The summed E-state index contributed by atoms with van der Waals surface area (Å²) in [4.78, 5) is 14.6. The zero-order valence-electron chi connectivity index (χ0n) is 18.5. The van der Waals surface area contributed by atoms with Crippen LogP contribution in [0.5, 0.6) is 5.75 Å². The highest BCUT2D eigenvalue weighted by atomic mass is 19.4. The molecule has 0 aliphatic rings. The van der Waals surface area contributed by atoms with E-state index in [4.69, 9.17) is 4.74 Å². The van der Waals surface area contributed by atoms with Gasteiger partial charge in [-0.2, -0.15) is 39.5 Å². The van der Waals surface area contributed by atoms with Gasteiger partial charge in [0.1, 0.15) is 17.0 Å². The van der Waals surface area contributed by atoms with Crippen LogP contribution in [0, 0.1) is 0 Å². The molecule has 37 heavy (non-hydrogen) atoms. The van der Waals surface area contributed by atoms with E-state index < -0.39 is 52.5 Å². The predicted molar refractivity (Wildman–Crippen MR) is 111 cm³/mol. The predicted octanol–water partition coefficient (Wildman–Crippen LogP) is 5.79. The monoisotopic (exact) mass is 536 g/mol. The molecule has 4 rings (SSSR count). The van der Waals surface area contributed by atoms with Gasteiger partial charge in [-0.25, -0.2) is 19.6 Å². The Labute approximate surface area is 200 Å². The normalized spacial score (nSPS) is 12.7. The zero-order valence-corrected chi connectivity index (χ0v) is 18.5. The van der Waals surface area contributed by atoms with Gasteiger partial charge in [0, 0.05) is 18.8 Å². The molecule has 0 atom stereocenters. The number of benzene rings is 1. The van der Waals surface area contributed by atoms with Crippen molar-refractivity contribution in [3.8, 4) is 28.5 Å². The van der Waals surface area contributed by atoms with Gasteiger partial charge in [-0.1, -0.05) is 0 Å². The summed E-state index contributed by atoms with van der Waals surface area (Å²) in [7, 11) is 2.36. The number of hydrogen-bond donors (Lipinski definition) is 1. The van der Waals surface area contributed by atoms with Crippen LogP contribution in [-0.2, 0) is 18.5 Å². The second kappa shape index (κ2) is 8.77. The van der Waals surface area contributed by atoms with Gasteiger partial charge in [0.05, 0.1) is 18.2 Å². The first-order valence-electron chi connectivity index (χ1n) is 9.99. The molecule has 7 nitrogen and oxygen atoms in total. The Hall–Kier alpha value is -4.11. The number of aromatic nitrogens is 5. The zero-order chi connectivity index (χ0) is 27.3. The fourth-order valence-corrected chi connectivity index (χ4v) is 3.42. The van der Waals surface area contributed by atoms with Gasteiger partial charge in [-0.15, -0.1) is 0 Å². The number of nitrogens with one attached hydrogen (secondary N) is 1. The van der Waals surface area contributed by atoms with E-state index in [1.54, 1.807) is 0 Å². The Morgan fingerprint density at radius 3 is 2.05 bits per heavy atom. The average molecular weight is 536 g/mol. The van der Waals surface area contributed by atoms with E-state index in [-0.39, 0.29) is 22.7 Å². The molecule has 0 saturated heterocycles. The van der Waals surface area contributed by atoms with Crippen LogP contribution in [0.2, 0.25) is 0 Å². The maximum absolute atomic E-state index is 13.9. The van der Waals surface area contributed by atoms with E-state index in [1.807, 2.05) is 0 Å². The smallest absolute Gasteiger partial charge is 0.435 e. The van der Waals surface area contributed by atoms with Gasteiger partial charge >= 0.3 is 18.5 Å². The number of halogens is 9. The summed E-state index contributed by atoms with van der Waals surface area (Å²) in [6.45, 7) is 0. The lowest BCUT2D eigenvalue weighted by Crippen LogP contribution is -2.14. The average Bonchev–Trinajstić information content (AvgIpc) is 3.19. The van der Waals surface area contributed by atoms with Crippen LogP contribution in [-0.4, -0.2) is 38.8 Å². The molecule has 1 N–H and O–H groups in total. The van der Waals surface area contributed by atoms with Crippen molar-refractivity contribution in [2.75, 3.05) is 19.6 Å². The SMILES string of the molecule is CNn1c(-c2ccc(C(F)(F)F)cc2OC)nc2c(C(F)(F)F)nc(-c3ccc(C(F)(F)F)nc3)nc21. The van der Waals surface area contributed by atoms with Crippen molar-refractivity contribution in [2.24, 2.45) is 0 Å². The highest BCUT2D eigenvalue weighted by Gasteiger charge is 2.39. The molecule has 0 aliphatic heterocycles. The van der Waals surface area contributed by atoms with E-state index in [2.05, 4.69) is 25.4 Å². The molecule has 4 aromatic rings. The molecule has 3 aromatic heterocycles. The van der Waals surface area contributed by atoms with E-state index >= 15 is 0 Å². The fourth-order valence-electron chi connectivity index (χ4n) is 3.42. The van der Waals surface area contributed by atoms with Crippen LogP contribution in [0.4, 0.5) is 39.5 Å². The maximum Gasteiger partial charge on any atom is 0.435 e. The summed E-state index contributed by atoms with van der Waals surface area (Å²) < 4.78 is 126. The highest BCUT2D eigenvalue weighted by Crippen LogP contribution is 2.40. The quantitative estimate of drug-likeness (QED) is 0.333. The number of fused-ring (bicyclic) bond motifs is 1. The summed E-state index contributed by atoms with van der Waals surface area (Å²) in [6, 6.07) is 3.75. The van der Waals surface area contributed by atoms with Crippen molar-refractivity contribution < 1.29 is 44.3 Å². The summed E-state index contributed by atoms with van der Waals surface area (Å²) in [6.07, 6.45) is -13.9. The number of pyridine rings is 1. The summed E-state index contributed by atoms with van der Waals surface area (Å²) in [5.41, 5.74) is -2.86. The molecule has 0 fully saturated rings. The van der Waals surface area contributed by atoms with E-state index in [9.17, 15) is 39.5 Å². The Kier molecular flexibility index (Phi) is 6.16. The van der Waals surface area contributed by atoms with Crippen LogP contribution in [0.3, 0.4) is 0 Å². The van der Waals surface area contributed by atoms with Crippen molar-refractivity contribution in [1.82, 2.24) is 24.6 Å². The van der Waals surface area contributed by atoms with Crippen LogP contribution in [0.1, 0.15) is 17.0 Å². The number of rotatable bonds is 4. The van der Waals surface area contributed by atoms with E-state index in [0.29, 0.717) is 24.4 Å². The van der Waals surface area contributed by atoms with Crippen molar-refractivity contribution >= 4 is 11.2 Å². The highest BCUT2D eigenvalue weighted by molar-refractivity contribution is 5.83. The van der Waals surface area contributed by atoms with Crippen LogP contribution in [0.15, 0.2) is 36.5 Å². The standard InChI is InChI=1S/C21H13F9N6O/c1-31-36-17(11-5-4-10(19(22,23)24)7-12(11)37-2)33-14-15(21(28,29)30)34-16(35-18(14)36)9-3-6-13(32-8-9)20(25,26)27/h3-8,31H,1-2H3. The van der Waals surface area contributed by atoms with Gasteiger partial charge in [0.15, 0.2) is 23.0 Å². The van der Waals surface area contributed by atoms with Gasteiger partial charge in [-0.05, 0) is 30.3 Å². The lowest BCUT2D eigenvalue weighted by atomic mass is 10.1. The van der Waals surface area contributed by atoms with Crippen LogP contribution >= 0.6 is 0 Å². The molecule has 3 heterocycles. The van der Waals surface area contributed by atoms with Gasteiger partial charge in [0.2, 0.25) is 0 Å². The van der Waals surface area contributed by atoms with Crippen molar-refractivity contribution in [2.45, 2.75) is 18.5 Å². The molecule has 0 spiro atoms. The molecule has 16 heteroatoms. The first kappa shape index (κ1) is 26.0. The van der Waals surface area contributed by atoms with E-state index in [0.717, 1.165) is 23.9 Å². The third-order valence-electron chi connectivity index (χ3n) is 5.08. The minimum atomic E-state index is -5.08. The fraction of sp³-hybridized carbons (Fsp3) is 0.238. The first-order chi connectivity index (χ1) is 17.1. The second-order valence-corrected chi connectivity index (χ2v) is 7.40. The number of methoxy groups -OCH3 is 1. The topological polar surface area (TPSA) is 77.8 Å². The lowest BCUT2D eigenvalue weighted by Gasteiger charge is -2.14. The molecule has 196 valence electrons. The van der Waals surface area contributed by atoms with Gasteiger partial charge < -0.3 is 10.2 Å². The molecular formula is C21H13F9N6O. The lowest BCUT2D eigenvalue weighted by molar-refractivity contribution is -0.141. The number of imidazole rings is 1. The summed E-state index contributed by atoms with van der Waals surface area (Å²) in [5.74, 6) is -1.23. The number of nitrogens with zero attached hydrogens (tertiary/aromatic N) is 5. The summed E-state index contributed by atoms with van der Waals surface area (Å²) >= 11 is 0.